The fraction of sp³-hybridized carbons (Fsp3) is 0.278. The van der Waals surface area contributed by atoms with Crippen LogP contribution in [-0.2, 0) is 0 Å². The molecule has 1 fully saturated rings. The van der Waals surface area contributed by atoms with Crippen LogP contribution in [0.5, 0.6) is 0 Å². The number of nitrogens with zero attached hydrogens (tertiary/aromatic N) is 6. The maximum Gasteiger partial charge on any atom is 0.338 e. The molecule has 0 saturated carbocycles. The fourth-order valence-corrected chi connectivity index (χ4v) is 3.20. The van der Waals surface area contributed by atoms with E-state index in [1.54, 1.807) is 9.58 Å². The summed E-state index contributed by atoms with van der Waals surface area (Å²) in [4.78, 5) is 26.6. The number of aromatic nitrogens is 5. The van der Waals surface area contributed by atoms with Gasteiger partial charge in [-0.25, -0.2) is 9.18 Å². The quantitative estimate of drug-likeness (QED) is 0.735. The molecule has 1 saturated heterocycles. The minimum absolute atomic E-state index is 0.0482. The van der Waals surface area contributed by atoms with Crippen molar-refractivity contribution in [2.45, 2.75) is 18.9 Å². The van der Waals surface area contributed by atoms with Crippen LogP contribution in [-0.4, -0.2) is 59.7 Å². The van der Waals surface area contributed by atoms with Gasteiger partial charge >= 0.3 is 5.97 Å². The predicted molar refractivity (Wildman–Crippen MR) is 94.7 cm³/mol. The minimum atomic E-state index is -1.01. The molecule has 0 atom stereocenters. The molecule has 144 valence electrons. The van der Waals surface area contributed by atoms with Crippen LogP contribution in [0.2, 0.25) is 0 Å². The maximum atomic E-state index is 13.0. The van der Waals surface area contributed by atoms with E-state index >= 15 is 0 Å². The van der Waals surface area contributed by atoms with Crippen molar-refractivity contribution in [3.05, 3.63) is 59.9 Å². The summed E-state index contributed by atoms with van der Waals surface area (Å²) >= 11 is 0. The van der Waals surface area contributed by atoms with Crippen LogP contribution in [0.1, 0.15) is 39.7 Å². The van der Waals surface area contributed by atoms with Crippen molar-refractivity contribution in [2.24, 2.45) is 0 Å². The minimum Gasteiger partial charge on any atom is -0.478 e. The Morgan fingerprint density at radius 3 is 2.43 bits per heavy atom. The van der Waals surface area contributed by atoms with Crippen LogP contribution in [0.15, 0.2) is 42.9 Å². The molecule has 0 bridgehead atoms. The number of halogens is 1. The van der Waals surface area contributed by atoms with Gasteiger partial charge in [-0.05, 0) is 37.1 Å². The van der Waals surface area contributed by atoms with E-state index in [0.29, 0.717) is 31.6 Å². The molecule has 1 aromatic carbocycles. The first-order valence-electron chi connectivity index (χ1n) is 8.76. The number of benzene rings is 1. The first kappa shape index (κ1) is 17.8. The van der Waals surface area contributed by atoms with Crippen LogP contribution >= 0.6 is 0 Å². The lowest BCUT2D eigenvalue weighted by atomic mass is 10.1. The molecule has 3 aromatic rings. The molecule has 1 N–H and O–H groups in total. The van der Waals surface area contributed by atoms with Gasteiger partial charge in [-0.15, -0.1) is 5.10 Å². The molecule has 1 aliphatic rings. The molecule has 3 heterocycles. The Kier molecular flexibility index (Phi) is 4.60. The lowest BCUT2D eigenvalue weighted by molar-refractivity contribution is 0.0682. The van der Waals surface area contributed by atoms with Gasteiger partial charge < -0.3 is 10.0 Å². The second-order valence-electron chi connectivity index (χ2n) is 6.53. The van der Waals surface area contributed by atoms with Gasteiger partial charge in [0.05, 0.1) is 29.7 Å². The first-order chi connectivity index (χ1) is 13.5. The first-order valence-corrected chi connectivity index (χ1v) is 8.76. The number of hydrogen-bond donors (Lipinski definition) is 1. The van der Waals surface area contributed by atoms with Gasteiger partial charge in [0.25, 0.3) is 5.91 Å². The Labute approximate surface area is 159 Å². The second-order valence-corrected chi connectivity index (χ2v) is 6.53. The molecule has 10 heteroatoms. The number of amides is 1. The van der Waals surface area contributed by atoms with Crippen molar-refractivity contribution in [3.63, 3.8) is 0 Å². The molecule has 0 radical (unpaired) electrons. The van der Waals surface area contributed by atoms with Gasteiger partial charge in [0.15, 0.2) is 5.69 Å². The monoisotopic (exact) mass is 384 g/mol. The van der Waals surface area contributed by atoms with Crippen molar-refractivity contribution in [1.82, 2.24) is 29.7 Å². The van der Waals surface area contributed by atoms with Gasteiger partial charge in [0.1, 0.15) is 5.82 Å². The molecule has 9 nitrogen and oxygen atoms in total. The zero-order valence-corrected chi connectivity index (χ0v) is 14.8. The van der Waals surface area contributed by atoms with E-state index < -0.39 is 5.97 Å². The molecule has 4 rings (SSSR count). The van der Waals surface area contributed by atoms with Gasteiger partial charge in [-0.3, -0.25) is 9.48 Å². The fourth-order valence-electron chi connectivity index (χ4n) is 3.20. The predicted octanol–water partition coefficient (Wildman–Crippen LogP) is 1.78. The van der Waals surface area contributed by atoms with Crippen LogP contribution in [0.3, 0.4) is 0 Å². The highest BCUT2D eigenvalue weighted by Gasteiger charge is 2.27. The van der Waals surface area contributed by atoms with E-state index in [0.717, 1.165) is 0 Å². The van der Waals surface area contributed by atoms with Crippen molar-refractivity contribution in [2.75, 3.05) is 13.1 Å². The molecule has 2 aromatic heterocycles. The number of carbonyl (C=O) groups excluding carboxylic acids is 1. The van der Waals surface area contributed by atoms with E-state index in [9.17, 15) is 14.0 Å². The number of piperidine rings is 1. The summed E-state index contributed by atoms with van der Waals surface area (Å²) in [5.41, 5.74) is 0.929. The smallest absolute Gasteiger partial charge is 0.338 e. The Morgan fingerprint density at radius 2 is 1.79 bits per heavy atom. The van der Waals surface area contributed by atoms with Crippen LogP contribution in [0.4, 0.5) is 4.39 Å². The molecular weight excluding hydrogens is 367 g/mol. The van der Waals surface area contributed by atoms with E-state index in [4.69, 9.17) is 5.11 Å². The van der Waals surface area contributed by atoms with Gasteiger partial charge in [0, 0.05) is 19.3 Å². The van der Waals surface area contributed by atoms with E-state index in [1.165, 1.54) is 47.7 Å². The average Bonchev–Trinajstić information content (AvgIpc) is 3.38. The summed E-state index contributed by atoms with van der Waals surface area (Å²) in [7, 11) is 0. The number of carbonyl (C=O) groups is 2. The lowest BCUT2D eigenvalue weighted by Gasteiger charge is -2.31. The Bertz CT molecular complexity index is 1000. The van der Waals surface area contributed by atoms with Gasteiger partial charge in [0.2, 0.25) is 0 Å². The Morgan fingerprint density at radius 1 is 1.07 bits per heavy atom. The Hall–Kier alpha value is -3.56. The number of hydrogen-bond acceptors (Lipinski definition) is 5. The third kappa shape index (κ3) is 3.48. The normalized spacial score (nSPS) is 15.0. The number of aromatic carboxylic acids is 1. The number of carboxylic acids is 1. The highest BCUT2D eigenvalue weighted by molar-refractivity contribution is 5.92. The van der Waals surface area contributed by atoms with Crippen molar-refractivity contribution < 1.29 is 19.1 Å². The summed E-state index contributed by atoms with van der Waals surface area (Å²) in [6, 6.07) is 5.72. The molecule has 0 aliphatic carbocycles. The summed E-state index contributed by atoms with van der Waals surface area (Å²) in [6.45, 7) is 1.02. The highest BCUT2D eigenvalue weighted by Crippen LogP contribution is 2.23. The van der Waals surface area contributed by atoms with Crippen molar-refractivity contribution in [1.29, 1.82) is 0 Å². The highest BCUT2D eigenvalue weighted by atomic mass is 19.1. The van der Waals surface area contributed by atoms with E-state index in [1.807, 2.05) is 0 Å². The molecular formula is C18H17FN6O3. The number of likely N-dealkylation sites (tertiary alicyclic amines) is 1. The average molecular weight is 384 g/mol. The molecule has 28 heavy (non-hydrogen) atoms. The topological polar surface area (TPSA) is 106 Å². The second kappa shape index (κ2) is 7.22. The van der Waals surface area contributed by atoms with Crippen LogP contribution < -0.4 is 0 Å². The lowest BCUT2D eigenvalue weighted by Crippen LogP contribution is -2.39. The van der Waals surface area contributed by atoms with Crippen molar-refractivity contribution >= 4 is 11.9 Å². The third-order valence-electron chi connectivity index (χ3n) is 4.74. The third-order valence-corrected chi connectivity index (χ3v) is 4.74. The summed E-state index contributed by atoms with van der Waals surface area (Å²) in [5.74, 6) is -1.59. The molecule has 0 unspecified atom stereocenters. The summed E-state index contributed by atoms with van der Waals surface area (Å²) in [6.07, 6.45) is 5.56. The largest absolute Gasteiger partial charge is 0.478 e. The zero-order chi connectivity index (χ0) is 19.7. The standard InChI is InChI=1S/C18H17FN6O3/c19-13-1-3-15(4-2-13)25-21-10-16(22-25)17(26)23-7-5-14(6-8-23)24-11-12(9-20-24)18(27)28/h1-4,9-11,14H,5-8H2,(H,27,28). The zero-order valence-electron chi connectivity index (χ0n) is 14.8. The van der Waals surface area contributed by atoms with Crippen LogP contribution in [0, 0.1) is 5.82 Å². The van der Waals surface area contributed by atoms with Crippen molar-refractivity contribution in [3.8, 4) is 5.69 Å². The summed E-state index contributed by atoms with van der Waals surface area (Å²) in [5, 5.41) is 21.4. The van der Waals surface area contributed by atoms with Gasteiger partial charge in [-0.1, -0.05) is 0 Å². The molecule has 1 aliphatic heterocycles. The van der Waals surface area contributed by atoms with Gasteiger partial charge in [-0.2, -0.15) is 15.0 Å². The summed E-state index contributed by atoms with van der Waals surface area (Å²) < 4.78 is 14.7. The van der Waals surface area contributed by atoms with E-state index in [2.05, 4.69) is 15.3 Å². The maximum absolute atomic E-state index is 13.0. The van der Waals surface area contributed by atoms with Crippen LogP contribution in [0.25, 0.3) is 5.69 Å². The molecule has 1 amide bonds. The SMILES string of the molecule is O=C(O)c1cnn(C2CCN(C(=O)c3cnn(-c4ccc(F)cc4)n3)CC2)c1. The molecule has 0 spiro atoms. The number of carboxylic acid groups (broad SMARTS) is 1. The number of rotatable bonds is 4. The van der Waals surface area contributed by atoms with E-state index in [-0.39, 0.29) is 29.0 Å². The Balaban J connectivity index is 1.40.